The maximum atomic E-state index is 8.86. The van der Waals surface area contributed by atoms with Gasteiger partial charge in [-0.05, 0) is 47.9 Å². The minimum atomic E-state index is 0.740. The molecule has 0 N–H and O–H groups in total. The quantitative estimate of drug-likeness (QED) is 0.611. The third-order valence-corrected chi connectivity index (χ3v) is 2.55. The van der Waals surface area contributed by atoms with E-state index in [0.29, 0.717) is 0 Å². The number of nitrogens with zero attached hydrogens (tertiary/aromatic N) is 1. The Kier molecular flexibility index (Phi) is 1.98. The van der Waals surface area contributed by atoms with Crippen LogP contribution in [0.2, 0.25) is 0 Å². The first-order valence-electron chi connectivity index (χ1n) is 4.62. The summed E-state index contributed by atoms with van der Waals surface area (Å²) in [6.45, 7) is 4.12. The van der Waals surface area contributed by atoms with E-state index in [0.717, 1.165) is 5.56 Å². The first-order chi connectivity index (χ1) is 6.72. The Labute approximate surface area is 83.6 Å². The highest BCUT2D eigenvalue weighted by molar-refractivity contribution is 5.89. The lowest BCUT2D eigenvalue weighted by Crippen LogP contribution is -1.84. The Morgan fingerprint density at radius 2 is 1.79 bits per heavy atom. The Morgan fingerprint density at radius 3 is 2.50 bits per heavy atom. The van der Waals surface area contributed by atoms with Gasteiger partial charge in [0.05, 0.1) is 11.6 Å². The molecule has 2 rings (SSSR count). The van der Waals surface area contributed by atoms with Crippen molar-refractivity contribution in [1.82, 2.24) is 0 Å². The molecule has 0 aromatic heterocycles. The van der Waals surface area contributed by atoms with Gasteiger partial charge in [-0.1, -0.05) is 18.2 Å². The largest absolute Gasteiger partial charge is 0.192 e. The third kappa shape index (κ3) is 1.25. The lowest BCUT2D eigenvalue weighted by Gasteiger charge is -2.05. The van der Waals surface area contributed by atoms with Crippen LogP contribution in [0.25, 0.3) is 10.8 Å². The molecule has 0 heterocycles. The van der Waals surface area contributed by atoms with Crippen molar-refractivity contribution in [1.29, 1.82) is 5.26 Å². The van der Waals surface area contributed by atoms with Crippen molar-refractivity contribution in [2.24, 2.45) is 0 Å². The molecule has 0 bridgehead atoms. The van der Waals surface area contributed by atoms with Gasteiger partial charge in [0.1, 0.15) is 0 Å². The Balaban J connectivity index is 2.92. The zero-order chi connectivity index (χ0) is 10.1. The summed E-state index contributed by atoms with van der Waals surface area (Å²) < 4.78 is 0. The van der Waals surface area contributed by atoms with E-state index >= 15 is 0 Å². The Hall–Kier alpha value is -1.81. The molecule has 14 heavy (non-hydrogen) atoms. The standard InChI is InChI=1S/C13H11N/c1-9-4-3-5-12-10(2)6-11(8-14)7-13(9)12/h3-7H,1-2H3. The van der Waals surface area contributed by atoms with Crippen LogP contribution in [0.5, 0.6) is 0 Å². The molecular formula is C13H11N. The van der Waals surface area contributed by atoms with Gasteiger partial charge in [0.2, 0.25) is 0 Å². The van der Waals surface area contributed by atoms with E-state index < -0.39 is 0 Å². The maximum absolute atomic E-state index is 8.86. The molecule has 68 valence electrons. The van der Waals surface area contributed by atoms with Crippen molar-refractivity contribution >= 4 is 10.8 Å². The number of nitriles is 1. The van der Waals surface area contributed by atoms with Crippen LogP contribution in [0.4, 0.5) is 0 Å². The molecule has 0 fully saturated rings. The smallest absolute Gasteiger partial charge is 0.0991 e. The number of rotatable bonds is 0. The topological polar surface area (TPSA) is 23.8 Å². The molecule has 1 nitrogen and oxygen atoms in total. The van der Waals surface area contributed by atoms with E-state index in [9.17, 15) is 0 Å². The summed E-state index contributed by atoms with van der Waals surface area (Å²) in [6.07, 6.45) is 0. The zero-order valence-corrected chi connectivity index (χ0v) is 8.33. The van der Waals surface area contributed by atoms with Gasteiger partial charge in [-0.25, -0.2) is 0 Å². The van der Waals surface area contributed by atoms with E-state index in [2.05, 4.69) is 31.2 Å². The third-order valence-electron chi connectivity index (χ3n) is 2.55. The number of benzene rings is 2. The maximum Gasteiger partial charge on any atom is 0.0991 e. The van der Waals surface area contributed by atoms with Crippen LogP contribution in [-0.2, 0) is 0 Å². The average molecular weight is 181 g/mol. The molecule has 0 spiro atoms. The molecule has 0 amide bonds. The van der Waals surface area contributed by atoms with Crippen LogP contribution in [0.15, 0.2) is 30.3 Å². The van der Waals surface area contributed by atoms with Crippen LogP contribution < -0.4 is 0 Å². The van der Waals surface area contributed by atoms with Gasteiger partial charge in [0, 0.05) is 0 Å². The van der Waals surface area contributed by atoms with Crippen molar-refractivity contribution in [3.05, 3.63) is 47.0 Å². The van der Waals surface area contributed by atoms with Crippen molar-refractivity contribution in [3.8, 4) is 6.07 Å². The molecule has 0 saturated heterocycles. The lowest BCUT2D eigenvalue weighted by atomic mass is 9.99. The van der Waals surface area contributed by atoms with Gasteiger partial charge in [0.15, 0.2) is 0 Å². The van der Waals surface area contributed by atoms with Gasteiger partial charge < -0.3 is 0 Å². The molecule has 2 aromatic carbocycles. The van der Waals surface area contributed by atoms with Crippen molar-refractivity contribution in [2.45, 2.75) is 13.8 Å². The molecule has 0 aliphatic carbocycles. The summed E-state index contributed by atoms with van der Waals surface area (Å²) in [5, 5.41) is 11.3. The predicted molar refractivity (Wildman–Crippen MR) is 58.1 cm³/mol. The molecule has 2 aromatic rings. The van der Waals surface area contributed by atoms with Gasteiger partial charge in [-0.2, -0.15) is 5.26 Å². The van der Waals surface area contributed by atoms with Crippen LogP contribution in [0, 0.1) is 25.2 Å². The first-order valence-corrected chi connectivity index (χ1v) is 4.62. The highest BCUT2D eigenvalue weighted by Crippen LogP contribution is 2.23. The molecule has 0 radical (unpaired) electrons. The summed E-state index contributed by atoms with van der Waals surface area (Å²) in [5.74, 6) is 0. The summed E-state index contributed by atoms with van der Waals surface area (Å²) in [7, 11) is 0. The highest BCUT2D eigenvalue weighted by atomic mass is 14.2. The lowest BCUT2D eigenvalue weighted by molar-refractivity contribution is 1.44. The van der Waals surface area contributed by atoms with E-state index in [4.69, 9.17) is 5.26 Å². The van der Waals surface area contributed by atoms with E-state index in [1.165, 1.54) is 21.9 Å². The number of hydrogen-bond acceptors (Lipinski definition) is 1. The molecular weight excluding hydrogens is 170 g/mol. The summed E-state index contributed by atoms with van der Waals surface area (Å²) in [5.41, 5.74) is 3.13. The van der Waals surface area contributed by atoms with Crippen molar-refractivity contribution < 1.29 is 0 Å². The fraction of sp³-hybridized carbons (Fsp3) is 0.154. The molecule has 0 aliphatic rings. The second-order valence-corrected chi connectivity index (χ2v) is 3.57. The SMILES string of the molecule is Cc1cc(C#N)cc2c(C)cccc12. The number of hydrogen-bond donors (Lipinski definition) is 0. The molecule has 0 atom stereocenters. The fourth-order valence-corrected chi connectivity index (χ4v) is 1.79. The van der Waals surface area contributed by atoms with E-state index in [1.54, 1.807) is 0 Å². The van der Waals surface area contributed by atoms with E-state index in [1.807, 2.05) is 19.1 Å². The highest BCUT2D eigenvalue weighted by Gasteiger charge is 2.01. The normalized spacial score (nSPS) is 10.1. The van der Waals surface area contributed by atoms with Gasteiger partial charge in [0.25, 0.3) is 0 Å². The molecule has 1 heteroatoms. The minimum Gasteiger partial charge on any atom is -0.192 e. The second kappa shape index (κ2) is 3.16. The number of aryl methyl sites for hydroxylation is 2. The van der Waals surface area contributed by atoms with Crippen LogP contribution in [-0.4, -0.2) is 0 Å². The first kappa shape index (κ1) is 8.77. The zero-order valence-electron chi connectivity index (χ0n) is 8.33. The molecule has 0 unspecified atom stereocenters. The van der Waals surface area contributed by atoms with Crippen LogP contribution in [0.1, 0.15) is 16.7 Å². The Bertz CT molecular complexity index is 533. The Morgan fingerprint density at radius 1 is 1.00 bits per heavy atom. The van der Waals surface area contributed by atoms with Gasteiger partial charge >= 0.3 is 0 Å². The van der Waals surface area contributed by atoms with Crippen molar-refractivity contribution in [2.75, 3.05) is 0 Å². The summed E-state index contributed by atoms with van der Waals surface area (Å²) in [6, 6.07) is 12.3. The number of fused-ring (bicyclic) bond motifs is 1. The molecule has 0 saturated carbocycles. The molecule has 0 aliphatic heterocycles. The van der Waals surface area contributed by atoms with Crippen molar-refractivity contribution in [3.63, 3.8) is 0 Å². The average Bonchev–Trinajstić information content (AvgIpc) is 2.19. The van der Waals surface area contributed by atoms with Gasteiger partial charge in [-0.3, -0.25) is 0 Å². The summed E-state index contributed by atoms with van der Waals surface area (Å²) >= 11 is 0. The predicted octanol–water partition coefficient (Wildman–Crippen LogP) is 3.33. The monoisotopic (exact) mass is 181 g/mol. The van der Waals surface area contributed by atoms with E-state index in [-0.39, 0.29) is 0 Å². The summed E-state index contributed by atoms with van der Waals surface area (Å²) in [4.78, 5) is 0. The van der Waals surface area contributed by atoms with Crippen LogP contribution >= 0.6 is 0 Å². The second-order valence-electron chi connectivity index (χ2n) is 3.57. The fourth-order valence-electron chi connectivity index (χ4n) is 1.79. The van der Waals surface area contributed by atoms with Crippen LogP contribution in [0.3, 0.4) is 0 Å². The van der Waals surface area contributed by atoms with Gasteiger partial charge in [-0.15, -0.1) is 0 Å². The minimum absolute atomic E-state index is 0.740.